The largest absolute Gasteiger partial charge is 0.494 e. The Morgan fingerprint density at radius 2 is 1.62 bits per heavy atom. The summed E-state index contributed by atoms with van der Waals surface area (Å²) in [7, 11) is 0. The number of pyridine rings is 1. The highest BCUT2D eigenvalue weighted by molar-refractivity contribution is 5.76. The van der Waals surface area contributed by atoms with Gasteiger partial charge in [0.25, 0.3) is 0 Å². The molecule has 0 aliphatic heterocycles. The Balaban J connectivity index is 1.50. The van der Waals surface area contributed by atoms with Gasteiger partial charge < -0.3 is 14.8 Å². The fraction of sp³-hybridized carbons (Fsp3) is 0.250. The third-order valence-electron chi connectivity index (χ3n) is 4.37. The Bertz CT molecular complexity index is 828. The molecule has 1 N–H and O–H groups in total. The van der Waals surface area contributed by atoms with Crippen molar-refractivity contribution in [3.63, 3.8) is 0 Å². The van der Waals surface area contributed by atoms with Crippen molar-refractivity contribution in [2.45, 2.75) is 25.8 Å². The van der Waals surface area contributed by atoms with E-state index in [1.54, 1.807) is 6.20 Å². The van der Waals surface area contributed by atoms with Crippen molar-refractivity contribution in [1.29, 1.82) is 0 Å². The molecule has 0 aliphatic carbocycles. The minimum absolute atomic E-state index is 0.0280. The molecule has 29 heavy (non-hydrogen) atoms. The fourth-order valence-electron chi connectivity index (χ4n) is 2.97. The van der Waals surface area contributed by atoms with Crippen LogP contribution in [0.2, 0.25) is 0 Å². The molecule has 1 heterocycles. The van der Waals surface area contributed by atoms with Gasteiger partial charge in [0.15, 0.2) is 0 Å². The van der Waals surface area contributed by atoms with E-state index in [2.05, 4.69) is 10.3 Å². The van der Waals surface area contributed by atoms with E-state index in [4.69, 9.17) is 9.47 Å². The Morgan fingerprint density at radius 1 is 0.931 bits per heavy atom. The molecule has 0 aliphatic rings. The molecule has 1 aromatic heterocycles. The van der Waals surface area contributed by atoms with Crippen LogP contribution < -0.4 is 14.8 Å². The van der Waals surface area contributed by atoms with Crippen LogP contribution in [-0.4, -0.2) is 24.1 Å². The summed E-state index contributed by atoms with van der Waals surface area (Å²) in [5.41, 5.74) is 1.82. The predicted octanol–water partition coefficient (Wildman–Crippen LogP) is 4.55. The van der Waals surface area contributed by atoms with Crippen molar-refractivity contribution in [2.75, 3.05) is 13.2 Å². The van der Waals surface area contributed by atoms with Gasteiger partial charge in [-0.05, 0) is 55.3 Å². The lowest BCUT2D eigenvalue weighted by Gasteiger charge is -2.19. The lowest BCUT2D eigenvalue weighted by molar-refractivity contribution is -0.121. The Labute approximate surface area is 171 Å². The van der Waals surface area contributed by atoms with Gasteiger partial charge in [0.1, 0.15) is 11.5 Å². The number of hydrogen-bond donors (Lipinski definition) is 1. The van der Waals surface area contributed by atoms with Gasteiger partial charge in [0.2, 0.25) is 5.91 Å². The van der Waals surface area contributed by atoms with Crippen molar-refractivity contribution in [3.8, 4) is 11.5 Å². The van der Waals surface area contributed by atoms with Crippen LogP contribution >= 0.6 is 0 Å². The van der Waals surface area contributed by atoms with Gasteiger partial charge in [0, 0.05) is 12.6 Å². The van der Waals surface area contributed by atoms with Gasteiger partial charge >= 0.3 is 0 Å². The molecule has 150 valence electrons. The zero-order valence-corrected chi connectivity index (χ0v) is 16.6. The quantitative estimate of drug-likeness (QED) is 0.516. The van der Waals surface area contributed by atoms with E-state index in [0.29, 0.717) is 26.1 Å². The first-order valence-electron chi connectivity index (χ1n) is 9.87. The minimum Gasteiger partial charge on any atom is -0.494 e. The normalized spacial score (nSPS) is 11.5. The monoisotopic (exact) mass is 390 g/mol. The van der Waals surface area contributed by atoms with Gasteiger partial charge in [0.05, 0.1) is 24.9 Å². The average molecular weight is 390 g/mol. The molecule has 1 unspecified atom stereocenters. The smallest absolute Gasteiger partial charge is 0.220 e. The molecule has 5 heteroatoms. The molecular formula is C24H26N2O3. The molecule has 3 rings (SSSR count). The molecular weight excluding hydrogens is 364 g/mol. The van der Waals surface area contributed by atoms with Crippen molar-refractivity contribution in [2.24, 2.45) is 0 Å². The van der Waals surface area contributed by atoms with Crippen LogP contribution in [0.4, 0.5) is 0 Å². The number of hydrogen-bond acceptors (Lipinski definition) is 4. The molecule has 3 aromatic rings. The summed E-state index contributed by atoms with van der Waals surface area (Å²) < 4.78 is 11.1. The lowest BCUT2D eigenvalue weighted by Crippen LogP contribution is -2.30. The molecule has 0 fully saturated rings. The van der Waals surface area contributed by atoms with Crippen molar-refractivity contribution < 1.29 is 14.3 Å². The molecule has 1 atom stereocenters. The van der Waals surface area contributed by atoms with Gasteiger partial charge in [-0.3, -0.25) is 9.78 Å². The number of aromatic nitrogens is 1. The third-order valence-corrected chi connectivity index (χ3v) is 4.37. The number of ether oxygens (including phenoxy) is 2. The predicted molar refractivity (Wildman–Crippen MR) is 113 cm³/mol. The van der Waals surface area contributed by atoms with Crippen LogP contribution in [0.3, 0.4) is 0 Å². The molecule has 0 bridgehead atoms. The Kier molecular flexibility index (Phi) is 7.63. The molecule has 2 aromatic carbocycles. The third kappa shape index (κ3) is 6.35. The number of nitrogens with one attached hydrogen (secondary N) is 1. The van der Waals surface area contributed by atoms with E-state index >= 15 is 0 Å². The number of carbonyl (C=O) groups is 1. The van der Waals surface area contributed by atoms with E-state index in [1.165, 1.54) is 0 Å². The molecule has 5 nitrogen and oxygen atoms in total. The van der Waals surface area contributed by atoms with Crippen molar-refractivity contribution in [1.82, 2.24) is 10.3 Å². The molecule has 0 saturated carbocycles. The second-order valence-corrected chi connectivity index (χ2v) is 6.52. The Hall–Kier alpha value is -3.34. The SMILES string of the molecule is CCOc1ccc(OCCCC(=O)NC(c2ccccc2)c2ccccn2)cc1. The first-order valence-corrected chi connectivity index (χ1v) is 9.87. The summed E-state index contributed by atoms with van der Waals surface area (Å²) in [4.78, 5) is 16.9. The number of carbonyl (C=O) groups excluding carboxylic acids is 1. The first-order chi connectivity index (χ1) is 14.3. The molecule has 0 radical (unpaired) electrons. The molecule has 0 saturated heterocycles. The van der Waals surface area contributed by atoms with Gasteiger partial charge in [-0.25, -0.2) is 0 Å². The molecule has 0 spiro atoms. The lowest BCUT2D eigenvalue weighted by atomic mass is 10.0. The second-order valence-electron chi connectivity index (χ2n) is 6.52. The summed E-state index contributed by atoms with van der Waals surface area (Å²) in [5.74, 6) is 1.56. The van der Waals surface area contributed by atoms with Crippen LogP contribution in [0.1, 0.15) is 37.1 Å². The van der Waals surface area contributed by atoms with E-state index in [1.807, 2.05) is 79.7 Å². The van der Waals surface area contributed by atoms with E-state index in [0.717, 1.165) is 22.8 Å². The fourth-order valence-corrected chi connectivity index (χ4v) is 2.97. The highest BCUT2D eigenvalue weighted by Crippen LogP contribution is 2.20. The number of nitrogens with zero attached hydrogens (tertiary/aromatic N) is 1. The van der Waals surface area contributed by atoms with Gasteiger partial charge in [-0.1, -0.05) is 36.4 Å². The zero-order valence-electron chi connectivity index (χ0n) is 16.6. The number of benzene rings is 2. The summed E-state index contributed by atoms with van der Waals surface area (Å²) in [6.07, 6.45) is 2.75. The summed E-state index contributed by atoms with van der Waals surface area (Å²) in [5, 5.41) is 3.10. The Morgan fingerprint density at radius 3 is 2.28 bits per heavy atom. The topological polar surface area (TPSA) is 60.5 Å². The maximum absolute atomic E-state index is 12.5. The maximum Gasteiger partial charge on any atom is 0.220 e. The molecule has 1 amide bonds. The minimum atomic E-state index is -0.267. The van der Waals surface area contributed by atoms with E-state index in [9.17, 15) is 4.79 Å². The zero-order chi connectivity index (χ0) is 20.3. The van der Waals surface area contributed by atoms with E-state index in [-0.39, 0.29) is 11.9 Å². The van der Waals surface area contributed by atoms with Crippen LogP contribution in [0.15, 0.2) is 79.0 Å². The van der Waals surface area contributed by atoms with E-state index < -0.39 is 0 Å². The van der Waals surface area contributed by atoms with Crippen molar-refractivity contribution in [3.05, 3.63) is 90.3 Å². The van der Waals surface area contributed by atoms with Crippen LogP contribution in [0.25, 0.3) is 0 Å². The highest BCUT2D eigenvalue weighted by Gasteiger charge is 2.17. The summed E-state index contributed by atoms with van der Waals surface area (Å²) in [6.45, 7) is 3.06. The summed E-state index contributed by atoms with van der Waals surface area (Å²) >= 11 is 0. The number of rotatable bonds is 10. The van der Waals surface area contributed by atoms with Gasteiger partial charge in [-0.2, -0.15) is 0 Å². The van der Waals surface area contributed by atoms with Crippen LogP contribution in [-0.2, 0) is 4.79 Å². The maximum atomic E-state index is 12.5. The number of amides is 1. The average Bonchev–Trinajstić information content (AvgIpc) is 2.77. The second kappa shape index (κ2) is 10.9. The van der Waals surface area contributed by atoms with Crippen LogP contribution in [0.5, 0.6) is 11.5 Å². The first kappa shape index (κ1) is 20.4. The van der Waals surface area contributed by atoms with Crippen molar-refractivity contribution >= 4 is 5.91 Å². The van der Waals surface area contributed by atoms with Gasteiger partial charge in [-0.15, -0.1) is 0 Å². The summed E-state index contributed by atoms with van der Waals surface area (Å²) in [6, 6.07) is 22.8. The van der Waals surface area contributed by atoms with Crippen LogP contribution in [0, 0.1) is 0 Å². The standard InChI is InChI=1S/C24H26N2O3/c1-2-28-20-13-15-21(16-14-20)29-18-8-12-23(27)26-24(19-9-4-3-5-10-19)22-11-6-7-17-25-22/h3-7,9-11,13-17,24H,2,8,12,18H2,1H3,(H,26,27). The highest BCUT2D eigenvalue weighted by atomic mass is 16.5.